The monoisotopic (exact) mass is 348 g/mol. The molecule has 0 saturated heterocycles. The summed E-state index contributed by atoms with van der Waals surface area (Å²) in [4.78, 5) is 19.5. The molecule has 1 aliphatic rings. The first-order valence-electron chi connectivity index (χ1n) is 8.68. The lowest BCUT2D eigenvalue weighted by atomic mass is 9.99. The topological polar surface area (TPSA) is 55.6 Å². The molecule has 4 rings (SSSR count). The van der Waals surface area contributed by atoms with Crippen LogP contribution >= 0.6 is 0 Å². The van der Waals surface area contributed by atoms with Crippen molar-refractivity contribution >= 4 is 11.7 Å². The molecule has 1 atom stereocenters. The van der Waals surface area contributed by atoms with Gasteiger partial charge in [0.05, 0.1) is 25.8 Å². The molecule has 1 aromatic carbocycles. The van der Waals surface area contributed by atoms with Gasteiger partial charge < -0.3 is 9.15 Å². The normalized spacial score (nSPS) is 15.5. The summed E-state index contributed by atoms with van der Waals surface area (Å²) in [5, 5.41) is 0. The molecule has 0 N–H and O–H groups in total. The van der Waals surface area contributed by atoms with Gasteiger partial charge in [-0.15, -0.1) is 0 Å². The van der Waals surface area contributed by atoms with Crippen LogP contribution in [-0.2, 0) is 17.8 Å². The number of benzene rings is 1. The van der Waals surface area contributed by atoms with Crippen molar-refractivity contribution in [2.24, 2.45) is 0 Å². The lowest BCUT2D eigenvalue weighted by Gasteiger charge is -2.24. The summed E-state index contributed by atoms with van der Waals surface area (Å²) in [5.41, 5.74) is 2.26. The Balaban J connectivity index is 1.68. The van der Waals surface area contributed by atoms with Gasteiger partial charge >= 0.3 is 0 Å². The zero-order valence-corrected chi connectivity index (χ0v) is 14.6. The molecule has 0 fully saturated rings. The molecular weight excluding hydrogens is 328 g/mol. The SMILES string of the molecule is COc1ccc2c(c1)[C@H](C(=O)N(Cc1ccco1)c1ccccn1)CC2. The van der Waals surface area contributed by atoms with Crippen molar-refractivity contribution < 1.29 is 13.9 Å². The molecule has 2 heterocycles. The van der Waals surface area contributed by atoms with Crippen LogP contribution in [0.25, 0.3) is 0 Å². The van der Waals surface area contributed by atoms with E-state index in [1.54, 1.807) is 24.5 Å². The van der Waals surface area contributed by atoms with Crippen LogP contribution in [0.3, 0.4) is 0 Å². The minimum atomic E-state index is -0.197. The van der Waals surface area contributed by atoms with E-state index in [9.17, 15) is 4.79 Å². The highest BCUT2D eigenvalue weighted by Crippen LogP contribution is 2.37. The fraction of sp³-hybridized carbons (Fsp3) is 0.238. The molecule has 0 spiro atoms. The summed E-state index contributed by atoms with van der Waals surface area (Å²) < 4.78 is 10.8. The Kier molecular flexibility index (Phi) is 4.44. The summed E-state index contributed by atoms with van der Waals surface area (Å²) in [6.45, 7) is 0.360. The molecule has 132 valence electrons. The lowest BCUT2D eigenvalue weighted by molar-refractivity contribution is -0.120. The molecule has 26 heavy (non-hydrogen) atoms. The number of aryl methyl sites for hydroxylation is 1. The Morgan fingerprint density at radius 2 is 2.19 bits per heavy atom. The second kappa shape index (κ2) is 7.04. The zero-order valence-electron chi connectivity index (χ0n) is 14.6. The third kappa shape index (κ3) is 3.08. The number of pyridine rings is 1. The van der Waals surface area contributed by atoms with Crippen LogP contribution in [0.2, 0.25) is 0 Å². The maximum atomic E-state index is 13.4. The van der Waals surface area contributed by atoms with E-state index in [1.807, 2.05) is 42.5 Å². The Morgan fingerprint density at radius 3 is 2.92 bits per heavy atom. The van der Waals surface area contributed by atoms with Gasteiger partial charge in [0, 0.05) is 6.20 Å². The molecule has 0 radical (unpaired) electrons. The number of methoxy groups -OCH3 is 1. The van der Waals surface area contributed by atoms with Gasteiger partial charge in [-0.3, -0.25) is 9.69 Å². The summed E-state index contributed by atoms with van der Waals surface area (Å²) in [7, 11) is 1.64. The number of carbonyl (C=O) groups is 1. The summed E-state index contributed by atoms with van der Waals surface area (Å²) in [6.07, 6.45) is 5.00. The molecule has 0 aliphatic heterocycles. The largest absolute Gasteiger partial charge is 0.497 e. The number of amides is 1. The third-order valence-electron chi connectivity index (χ3n) is 4.81. The Bertz CT molecular complexity index is 891. The van der Waals surface area contributed by atoms with Crippen LogP contribution < -0.4 is 9.64 Å². The van der Waals surface area contributed by atoms with Gasteiger partial charge in [-0.05, 0) is 60.4 Å². The van der Waals surface area contributed by atoms with Crippen LogP contribution in [-0.4, -0.2) is 18.0 Å². The first-order chi connectivity index (χ1) is 12.8. The third-order valence-corrected chi connectivity index (χ3v) is 4.81. The highest BCUT2D eigenvalue weighted by Gasteiger charge is 2.33. The van der Waals surface area contributed by atoms with E-state index in [4.69, 9.17) is 9.15 Å². The highest BCUT2D eigenvalue weighted by atomic mass is 16.5. The standard InChI is InChI=1S/C21H20N2O3/c1-25-16-9-7-15-8-10-18(19(15)13-16)21(24)23(14-17-5-4-12-26-17)20-6-2-3-11-22-20/h2-7,9,11-13,18H,8,10,14H2,1H3/t18-/m1/s1. The molecular formula is C21H20N2O3. The number of fused-ring (bicyclic) bond motifs is 1. The van der Waals surface area contributed by atoms with E-state index in [1.165, 1.54) is 5.56 Å². The number of aromatic nitrogens is 1. The molecule has 0 unspecified atom stereocenters. The lowest BCUT2D eigenvalue weighted by Crippen LogP contribution is -2.34. The number of rotatable bonds is 5. The van der Waals surface area contributed by atoms with Gasteiger partial charge in [-0.25, -0.2) is 4.98 Å². The number of nitrogens with zero attached hydrogens (tertiary/aromatic N) is 2. The number of hydrogen-bond donors (Lipinski definition) is 0. The molecule has 5 heteroatoms. The minimum absolute atomic E-state index is 0.0344. The number of anilines is 1. The first-order valence-corrected chi connectivity index (χ1v) is 8.68. The summed E-state index contributed by atoms with van der Waals surface area (Å²) in [6, 6.07) is 15.3. The molecule has 2 aromatic heterocycles. The number of hydrogen-bond acceptors (Lipinski definition) is 4. The van der Waals surface area contributed by atoms with Crippen molar-refractivity contribution in [1.82, 2.24) is 4.98 Å². The van der Waals surface area contributed by atoms with Gasteiger partial charge in [-0.1, -0.05) is 12.1 Å². The van der Waals surface area contributed by atoms with Crippen LogP contribution in [0.1, 0.15) is 29.2 Å². The van der Waals surface area contributed by atoms with E-state index >= 15 is 0 Å². The molecule has 0 saturated carbocycles. The van der Waals surface area contributed by atoms with Gasteiger partial charge in [-0.2, -0.15) is 0 Å². The Labute approximate surface area is 152 Å². The molecule has 5 nitrogen and oxygen atoms in total. The van der Waals surface area contributed by atoms with Crippen molar-refractivity contribution in [3.05, 3.63) is 77.9 Å². The van der Waals surface area contributed by atoms with Gasteiger partial charge in [0.15, 0.2) is 0 Å². The van der Waals surface area contributed by atoms with Crippen molar-refractivity contribution in [1.29, 1.82) is 0 Å². The Hall–Kier alpha value is -3.08. The molecule has 1 aliphatic carbocycles. The molecule has 0 bridgehead atoms. The van der Waals surface area contributed by atoms with E-state index < -0.39 is 0 Å². The average Bonchev–Trinajstić information content (AvgIpc) is 3.35. The second-order valence-corrected chi connectivity index (χ2v) is 6.35. The van der Waals surface area contributed by atoms with Crippen LogP contribution in [0, 0.1) is 0 Å². The fourth-order valence-corrected chi connectivity index (χ4v) is 3.50. The van der Waals surface area contributed by atoms with Gasteiger partial charge in [0.1, 0.15) is 17.3 Å². The maximum absolute atomic E-state index is 13.4. The fourth-order valence-electron chi connectivity index (χ4n) is 3.50. The maximum Gasteiger partial charge on any atom is 0.236 e. The zero-order chi connectivity index (χ0) is 17.9. The Morgan fingerprint density at radius 1 is 1.27 bits per heavy atom. The smallest absolute Gasteiger partial charge is 0.236 e. The molecule has 1 amide bonds. The second-order valence-electron chi connectivity index (χ2n) is 6.35. The van der Waals surface area contributed by atoms with Gasteiger partial charge in [0.25, 0.3) is 0 Å². The van der Waals surface area contributed by atoms with Crippen LogP contribution in [0.15, 0.2) is 65.4 Å². The average molecular weight is 348 g/mol. The predicted octanol–water partition coefficient (Wildman–Crippen LogP) is 3.95. The van der Waals surface area contributed by atoms with E-state index in [0.717, 1.165) is 29.9 Å². The molecule has 3 aromatic rings. The van der Waals surface area contributed by atoms with Crippen molar-refractivity contribution in [3.63, 3.8) is 0 Å². The quantitative estimate of drug-likeness (QED) is 0.701. The number of furan rings is 1. The van der Waals surface area contributed by atoms with Crippen molar-refractivity contribution in [3.8, 4) is 5.75 Å². The predicted molar refractivity (Wildman–Crippen MR) is 98.2 cm³/mol. The van der Waals surface area contributed by atoms with Crippen LogP contribution in [0.5, 0.6) is 5.75 Å². The van der Waals surface area contributed by atoms with E-state index in [2.05, 4.69) is 11.1 Å². The van der Waals surface area contributed by atoms with E-state index in [0.29, 0.717) is 12.4 Å². The van der Waals surface area contributed by atoms with Gasteiger partial charge in [0.2, 0.25) is 5.91 Å². The summed E-state index contributed by atoms with van der Waals surface area (Å²) in [5.74, 6) is 1.97. The summed E-state index contributed by atoms with van der Waals surface area (Å²) >= 11 is 0. The number of carbonyl (C=O) groups excluding carboxylic acids is 1. The van der Waals surface area contributed by atoms with Crippen LogP contribution in [0.4, 0.5) is 5.82 Å². The highest BCUT2D eigenvalue weighted by molar-refractivity contribution is 5.98. The van der Waals surface area contributed by atoms with Crippen molar-refractivity contribution in [2.75, 3.05) is 12.0 Å². The van der Waals surface area contributed by atoms with Crippen molar-refractivity contribution in [2.45, 2.75) is 25.3 Å². The first kappa shape index (κ1) is 16.4. The van der Waals surface area contributed by atoms with E-state index in [-0.39, 0.29) is 11.8 Å². The minimum Gasteiger partial charge on any atom is -0.497 e. The number of ether oxygens (including phenoxy) is 1.